The first-order valence-corrected chi connectivity index (χ1v) is 37.4. The molecule has 0 atom stereocenters. The van der Waals surface area contributed by atoms with Crippen molar-refractivity contribution in [2.45, 2.75) is 73.0 Å². The molecule has 1 aliphatic rings. The van der Waals surface area contributed by atoms with Gasteiger partial charge in [0.2, 0.25) is 11.8 Å². The molecule has 7 heterocycles. The lowest BCUT2D eigenvalue weighted by molar-refractivity contribution is -0.137. The Morgan fingerprint density at radius 2 is 0.941 bits per heavy atom. The Hall–Kier alpha value is -14.5. The molecular formula is C94H86F3N15O6. The van der Waals surface area contributed by atoms with Crippen molar-refractivity contribution in [3.8, 4) is 33.8 Å². The number of carbonyl (C=O) groups excluding carboxylic acids is 6. The molecule has 0 saturated carbocycles. The zero-order valence-corrected chi connectivity index (χ0v) is 64.9. The lowest BCUT2D eigenvalue weighted by Crippen LogP contribution is -2.34. The summed E-state index contributed by atoms with van der Waals surface area (Å²) in [5.74, 6) is 0.177. The number of anilines is 4. The number of benzene rings is 7. The molecule has 0 saturated heterocycles. The van der Waals surface area contributed by atoms with Crippen LogP contribution in [-0.4, -0.2) is 117 Å². The number of allylic oxidation sites excluding steroid dienone is 1. The average Bonchev–Trinajstić information content (AvgIpc) is 0.822. The van der Waals surface area contributed by atoms with Crippen molar-refractivity contribution in [2.24, 2.45) is 0 Å². The summed E-state index contributed by atoms with van der Waals surface area (Å²) in [6, 6.07) is 54.0. The van der Waals surface area contributed by atoms with Crippen LogP contribution in [0.2, 0.25) is 0 Å². The van der Waals surface area contributed by atoms with E-state index in [0.29, 0.717) is 85.3 Å². The number of pyridine rings is 3. The number of aromatic nitrogens is 9. The van der Waals surface area contributed by atoms with Gasteiger partial charge in [0.05, 0.1) is 28.3 Å². The quantitative estimate of drug-likeness (QED) is 0.0433. The number of nitrogens with one attached hydrogen (secondary N) is 4. The maximum absolute atomic E-state index is 13.8. The van der Waals surface area contributed by atoms with Crippen LogP contribution in [0.1, 0.15) is 112 Å². The van der Waals surface area contributed by atoms with Gasteiger partial charge in [-0.3, -0.25) is 43.7 Å². The maximum Gasteiger partial charge on any atom is 0.418 e. The molecule has 118 heavy (non-hydrogen) atoms. The Morgan fingerprint density at radius 3 is 1.39 bits per heavy atom. The third kappa shape index (κ3) is 22.9. The summed E-state index contributed by atoms with van der Waals surface area (Å²) in [5.41, 5.74) is 15.3. The summed E-state index contributed by atoms with van der Waals surface area (Å²) in [5, 5.41) is 12.8. The Bertz CT molecular complexity index is 5890. The lowest BCUT2D eigenvalue weighted by atomic mass is 9.98. The summed E-state index contributed by atoms with van der Waals surface area (Å²) in [7, 11) is 3.59. The van der Waals surface area contributed by atoms with Gasteiger partial charge >= 0.3 is 6.18 Å². The molecule has 0 fully saturated rings. The number of ketones is 1. The predicted octanol–water partition coefficient (Wildman–Crippen LogP) is 17.3. The highest BCUT2D eigenvalue weighted by atomic mass is 19.4. The molecule has 14 rings (SSSR count). The van der Waals surface area contributed by atoms with E-state index in [1.165, 1.54) is 30.4 Å². The molecule has 24 heteroatoms. The minimum Gasteiger partial charge on any atom is -0.335 e. The van der Waals surface area contributed by atoms with E-state index in [1.807, 2.05) is 160 Å². The molecule has 4 N–H and O–H groups in total. The number of aryl methyl sites for hydroxylation is 3. The van der Waals surface area contributed by atoms with Crippen LogP contribution in [0.5, 0.6) is 0 Å². The summed E-state index contributed by atoms with van der Waals surface area (Å²) in [6.07, 6.45) is 18.6. The first-order valence-electron chi connectivity index (χ1n) is 37.4. The molecule has 0 aliphatic carbocycles. The minimum atomic E-state index is -4.77. The number of halogens is 3. The molecule has 0 spiro atoms. The van der Waals surface area contributed by atoms with Crippen molar-refractivity contribution >= 4 is 68.8 Å². The van der Waals surface area contributed by atoms with Gasteiger partial charge in [-0.15, -0.1) is 0 Å². The van der Waals surface area contributed by atoms with Crippen LogP contribution in [-0.2, 0) is 59.2 Å². The minimum absolute atomic E-state index is 0. The first kappa shape index (κ1) is 84.4. The molecule has 594 valence electrons. The highest BCUT2D eigenvalue weighted by Gasteiger charge is 2.35. The Kier molecular flexibility index (Phi) is 28.2. The summed E-state index contributed by atoms with van der Waals surface area (Å²) >= 11 is 0. The molecule has 6 aromatic heterocycles. The van der Waals surface area contributed by atoms with E-state index in [-0.39, 0.29) is 42.2 Å². The van der Waals surface area contributed by atoms with Crippen molar-refractivity contribution in [2.75, 3.05) is 48.5 Å². The number of carbonyl (C=O) groups is 6. The van der Waals surface area contributed by atoms with Gasteiger partial charge in [0.15, 0.2) is 5.78 Å². The van der Waals surface area contributed by atoms with E-state index < -0.39 is 29.2 Å². The number of rotatable bonds is 23. The fourth-order valence-corrected chi connectivity index (χ4v) is 12.8. The topological polar surface area (TPSA) is 273 Å². The third-order valence-corrected chi connectivity index (χ3v) is 19.2. The zero-order valence-electron chi connectivity index (χ0n) is 64.9. The first-order chi connectivity index (χ1) is 56.5. The normalized spacial score (nSPS) is 11.5. The summed E-state index contributed by atoms with van der Waals surface area (Å²) in [6.45, 7) is 14.7. The number of amides is 5. The number of hydrogen-bond donors (Lipinski definition) is 4. The van der Waals surface area contributed by atoms with Gasteiger partial charge in [-0.1, -0.05) is 75.2 Å². The molecule has 21 nitrogen and oxygen atoms in total. The second-order valence-corrected chi connectivity index (χ2v) is 28.0. The maximum atomic E-state index is 13.8. The van der Waals surface area contributed by atoms with Gasteiger partial charge in [-0.25, -0.2) is 29.9 Å². The van der Waals surface area contributed by atoms with Crippen LogP contribution < -0.4 is 21.3 Å². The number of hydrogen-bond acceptors (Lipinski definition) is 16. The van der Waals surface area contributed by atoms with Gasteiger partial charge < -0.3 is 31.1 Å². The number of fused-ring (bicyclic) bond motifs is 2. The van der Waals surface area contributed by atoms with Crippen LogP contribution in [0.4, 0.5) is 35.9 Å². The van der Waals surface area contributed by atoms with Gasteiger partial charge in [0.1, 0.15) is 17.5 Å². The fourth-order valence-electron chi connectivity index (χ4n) is 12.8. The molecule has 1 aliphatic heterocycles. The SMILES string of the molecule is C.C=CC(=O)Cc1ccc2cc(NC(=O)c3ccc(C)c(Cc4nccc(-c5cccnc5)n4)c3)ccc2c1.C=CC(=O)N1CCc2cc(NC(=O)c3ccc(C)c(Cc4nccc(-c5cccnc5)n4)c3)ccc2C1.Cc1ccc(C(=O)Nc2ccc(NC(=O)/C=C/CN(C)C)c(C(F)(F)F)c2)cc1Cc1nccc(-c2cccnc2)n1. The predicted molar refractivity (Wildman–Crippen MR) is 455 cm³/mol. The van der Waals surface area contributed by atoms with Crippen molar-refractivity contribution in [3.63, 3.8) is 0 Å². The molecular weight excluding hydrogens is 1490 g/mol. The van der Waals surface area contributed by atoms with E-state index in [4.69, 9.17) is 9.97 Å². The van der Waals surface area contributed by atoms with Gasteiger partial charge in [0, 0.05) is 158 Å². The van der Waals surface area contributed by atoms with Crippen molar-refractivity contribution in [1.82, 2.24) is 54.7 Å². The van der Waals surface area contributed by atoms with Crippen LogP contribution in [0.25, 0.3) is 44.5 Å². The monoisotopic (exact) mass is 1580 g/mol. The standard InChI is InChI=1S/C32H26N4O2.C31H29F3N6O2.C30H27N5O2.CH4/c1-3-29(37)16-22-7-9-24-18-28(11-10-23(24)15-22)35-32(38)25-8-6-21(2)27(17-25)19-31-34-14-12-30(36-31)26-5-4-13-33-20-26;1-20-8-9-21(16-23(20)17-28-36-14-12-26(38-28)22-6-4-13-35-19-22)30(42)37-24-10-11-27(25(18-24)31(32,33)34)39-29(41)7-5-15-40(2)3;1-3-29(36)35-14-11-21-16-26(9-8-24(21)19-35)33-30(37)22-7-6-20(2)25(15-22)17-28-32-13-10-27(34-28)23-5-4-12-31-18-23;/h3-15,17-18,20H,1,16,19H2,2H3,(H,35,38);4-14,16,18-19H,15,17H2,1-3H3,(H,37,42)(H,39,41);3-10,12-13,15-16,18H,1,11,14,17,19H2,2H3,(H,33,37);1H4/b;7-5+;;. The molecule has 5 amide bonds. The second-order valence-electron chi connectivity index (χ2n) is 28.0. The number of nitrogens with zero attached hydrogens (tertiary/aromatic N) is 11. The highest BCUT2D eigenvalue weighted by Crippen LogP contribution is 2.37. The lowest BCUT2D eigenvalue weighted by Gasteiger charge is -2.28. The number of alkyl halides is 3. The molecule has 7 aromatic carbocycles. The second kappa shape index (κ2) is 39.5. The highest BCUT2D eigenvalue weighted by molar-refractivity contribution is 6.07. The molecule has 0 unspecified atom stereocenters. The summed E-state index contributed by atoms with van der Waals surface area (Å²) in [4.78, 5) is 118. The smallest absolute Gasteiger partial charge is 0.335 e. The third-order valence-electron chi connectivity index (χ3n) is 19.2. The molecule has 0 bridgehead atoms. The van der Waals surface area contributed by atoms with Gasteiger partial charge in [-0.05, 0) is 248 Å². The van der Waals surface area contributed by atoms with Crippen molar-refractivity contribution in [3.05, 3.63) is 365 Å². The van der Waals surface area contributed by atoms with E-state index in [0.717, 1.165) is 113 Å². The van der Waals surface area contributed by atoms with Crippen LogP contribution in [0, 0.1) is 20.8 Å². The van der Waals surface area contributed by atoms with Gasteiger partial charge in [0.25, 0.3) is 17.7 Å². The van der Waals surface area contributed by atoms with E-state index >= 15 is 0 Å². The van der Waals surface area contributed by atoms with Crippen molar-refractivity contribution < 1.29 is 41.9 Å². The average molecular weight is 1580 g/mol. The zero-order chi connectivity index (χ0) is 82.5. The van der Waals surface area contributed by atoms with Gasteiger partial charge in [-0.2, -0.15) is 13.2 Å². The largest absolute Gasteiger partial charge is 0.418 e. The Morgan fingerprint density at radius 1 is 0.492 bits per heavy atom. The fraction of sp³-hybridized carbons (Fsp3) is 0.160. The van der Waals surface area contributed by atoms with Crippen LogP contribution in [0.3, 0.4) is 0 Å². The van der Waals surface area contributed by atoms with Crippen LogP contribution >= 0.6 is 0 Å². The van der Waals surface area contributed by atoms with E-state index in [1.54, 1.807) is 104 Å². The Labute approximate surface area is 682 Å². The summed E-state index contributed by atoms with van der Waals surface area (Å²) < 4.78 is 41.5. The molecule has 13 aromatic rings. The van der Waals surface area contributed by atoms with Crippen molar-refractivity contribution in [1.29, 1.82) is 0 Å². The van der Waals surface area contributed by atoms with E-state index in [2.05, 4.69) is 69.3 Å². The number of likely N-dealkylation sites (N-methyl/N-ethyl adjacent to an activating group) is 1. The van der Waals surface area contributed by atoms with E-state index in [9.17, 15) is 41.9 Å². The Balaban J connectivity index is 0.000000173. The molecule has 0 radical (unpaired) electrons. The van der Waals surface area contributed by atoms with Crippen LogP contribution in [0.15, 0.2) is 275 Å².